The molecule has 2 rings (SSSR count). The van der Waals surface area contributed by atoms with Crippen LogP contribution < -0.4 is 10.6 Å². The van der Waals surface area contributed by atoms with Gasteiger partial charge < -0.3 is 10.6 Å². The Hall–Kier alpha value is -2.02. The summed E-state index contributed by atoms with van der Waals surface area (Å²) >= 11 is 0. The maximum Gasteiger partial charge on any atom is 0.251 e. The lowest BCUT2D eigenvalue weighted by Crippen LogP contribution is -2.32. The average molecular weight is 229 g/mol. The van der Waals surface area contributed by atoms with E-state index >= 15 is 0 Å². The van der Waals surface area contributed by atoms with Crippen molar-refractivity contribution in [3.05, 3.63) is 29.3 Å². The molecule has 1 aliphatic rings. The van der Waals surface area contributed by atoms with Crippen LogP contribution in [0.5, 0.6) is 0 Å². The van der Waals surface area contributed by atoms with Gasteiger partial charge in [-0.1, -0.05) is 0 Å². The second-order valence-electron chi connectivity index (χ2n) is 4.74. The molecular weight excluding hydrogens is 214 g/mol. The van der Waals surface area contributed by atoms with Crippen LogP contribution in [0.2, 0.25) is 0 Å². The zero-order valence-corrected chi connectivity index (χ0v) is 10.0. The molecule has 17 heavy (non-hydrogen) atoms. The number of hydrogen-bond acceptors (Lipinski definition) is 3. The quantitative estimate of drug-likeness (QED) is 0.811. The fourth-order valence-corrected chi connectivity index (χ4v) is 1.89. The predicted octanol–water partition coefficient (Wildman–Crippen LogP) is 1.69. The Morgan fingerprint density at radius 2 is 2.24 bits per heavy atom. The summed E-state index contributed by atoms with van der Waals surface area (Å²) in [6, 6.07) is 7.78. The van der Waals surface area contributed by atoms with E-state index in [4.69, 9.17) is 5.26 Å². The molecule has 4 heteroatoms. The molecule has 0 radical (unpaired) electrons. The number of nitrogens with zero attached hydrogens (tertiary/aromatic N) is 1. The monoisotopic (exact) mass is 229 g/mol. The smallest absolute Gasteiger partial charge is 0.251 e. The van der Waals surface area contributed by atoms with Crippen molar-refractivity contribution in [3.8, 4) is 6.07 Å². The van der Waals surface area contributed by atoms with Crippen molar-refractivity contribution in [1.29, 1.82) is 5.26 Å². The van der Waals surface area contributed by atoms with Gasteiger partial charge in [-0.2, -0.15) is 5.26 Å². The molecule has 0 spiro atoms. The minimum Gasteiger partial charge on any atom is -0.368 e. The van der Waals surface area contributed by atoms with Gasteiger partial charge in [-0.15, -0.1) is 0 Å². The molecule has 0 saturated carbocycles. The van der Waals surface area contributed by atoms with Crippen LogP contribution in [0.15, 0.2) is 18.2 Å². The molecule has 2 N–H and O–H groups in total. The first kappa shape index (κ1) is 11.5. The van der Waals surface area contributed by atoms with Gasteiger partial charge in [-0.25, -0.2) is 0 Å². The van der Waals surface area contributed by atoms with E-state index in [2.05, 4.69) is 16.7 Å². The predicted molar refractivity (Wildman–Crippen MR) is 65.8 cm³/mol. The number of amides is 1. The van der Waals surface area contributed by atoms with Crippen molar-refractivity contribution in [2.45, 2.75) is 25.8 Å². The molecule has 0 unspecified atom stereocenters. The summed E-state index contributed by atoms with van der Waals surface area (Å²) in [5.41, 5.74) is 2.04. The number of nitriles is 1. The van der Waals surface area contributed by atoms with Gasteiger partial charge in [0, 0.05) is 17.8 Å². The van der Waals surface area contributed by atoms with Crippen LogP contribution in [0.1, 0.15) is 29.8 Å². The number of nitrogens with one attached hydrogen (secondary N) is 2. The molecule has 0 bridgehead atoms. The lowest BCUT2D eigenvalue weighted by atomic mass is 9.99. The molecule has 1 heterocycles. The number of fused-ring (bicyclic) bond motifs is 1. The summed E-state index contributed by atoms with van der Waals surface area (Å²) in [4.78, 5) is 11.6. The number of rotatable bonds is 2. The largest absolute Gasteiger partial charge is 0.368 e. The van der Waals surface area contributed by atoms with Gasteiger partial charge in [0.05, 0.1) is 6.07 Å². The van der Waals surface area contributed by atoms with Gasteiger partial charge in [0.15, 0.2) is 0 Å². The van der Waals surface area contributed by atoms with E-state index < -0.39 is 5.54 Å². The average Bonchev–Trinajstić information content (AvgIpc) is 2.29. The van der Waals surface area contributed by atoms with Crippen LogP contribution in [0.25, 0.3) is 0 Å². The topological polar surface area (TPSA) is 64.9 Å². The second-order valence-corrected chi connectivity index (χ2v) is 4.74. The summed E-state index contributed by atoms with van der Waals surface area (Å²) in [7, 11) is 0. The first-order valence-corrected chi connectivity index (χ1v) is 5.62. The summed E-state index contributed by atoms with van der Waals surface area (Å²) in [5, 5.41) is 14.9. The lowest BCUT2D eigenvalue weighted by Gasteiger charge is -2.22. The Kier molecular flexibility index (Phi) is 2.76. The molecule has 88 valence electrons. The minimum atomic E-state index is -0.606. The zero-order chi connectivity index (χ0) is 12.5. The van der Waals surface area contributed by atoms with Crippen LogP contribution in [-0.4, -0.2) is 18.0 Å². The van der Waals surface area contributed by atoms with Crippen LogP contribution in [0.3, 0.4) is 0 Å². The fourth-order valence-electron chi connectivity index (χ4n) is 1.89. The number of anilines is 1. The zero-order valence-electron chi connectivity index (χ0n) is 10.0. The third-order valence-electron chi connectivity index (χ3n) is 2.77. The lowest BCUT2D eigenvalue weighted by molar-refractivity contribution is 0.0946. The van der Waals surface area contributed by atoms with Crippen molar-refractivity contribution < 1.29 is 4.79 Å². The first-order valence-electron chi connectivity index (χ1n) is 5.62. The third-order valence-corrected chi connectivity index (χ3v) is 2.77. The van der Waals surface area contributed by atoms with Crippen molar-refractivity contribution in [1.82, 2.24) is 5.32 Å². The minimum absolute atomic E-state index is 0.0163. The highest BCUT2D eigenvalue weighted by Crippen LogP contribution is 2.21. The standard InChI is InChI=1S/C13H15N3O/c1-13(2,8-14)16-10-3-4-11-9(7-10)5-6-15-12(11)17/h3-4,7,16H,5-6H2,1-2H3,(H,15,17). The molecule has 0 aromatic heterocycles. The van der Waals surface area contributed by atoms with Crippen molar-refractivity contribution in [2.24, 2.45) is 0 Å². The van der Waals surface area contributed by atoms with Crippen LogP contribution in [-0.2, 0) is 6.42 Å². The van der Waals surface area contributed by atoms with Gasteiger partial charge in [-0.3, -0.25) is 4.79 Å². The van der Waals surface area contributed by atoms with Gasteiger partial charge in [0.25, 0.3) is 5.91 Å². The summed E-state index contributed by atoms with van der Waals surface area (Å²) in [6.45, 7) is 4.31. The fraction of sp³-hybridized carbons (Fsp3) is 0.385. The summed E-state index contributed by atoms with van der Waals surface area (Å²) in [5.74, 6) is -0.0163. The molecule has 0 fully saturated rings. The highest BCUT2D eigenvalue weighted by atomic mass is 16.1. The van der Waals surface area contributed by atoms with E-state index in [0.717, 1.165) is 23.2 Å². The molecule has 4 nitrogen and oxygen atoms in total. The van der Waals surface area contributed by atoms with Crippen LogP contribution in [0, 0.1) is 11.3 Å². The van der Waals surface area contributed by atoms with Crippen LogP contribution in [0.4, 0.5) is 5.69 Å². The molecule has 0 atom stereocenters. The van der Waals surface area contributed by atoms with E-state index in [1.165, 1.54) is 0 Å². The Morgan fingerprint density at radius 1 is 1.47 bits per heavy atom. The van der Waals surface area contributed by atoms with Crippen molar-refractivity contribution in [3.63, 3.8) is 0 Å². The second kappa shape index (κ2) is 4.10. The number of hydrogen-bond donors (Lipinski definition) is 2. The highest BCUT2D eigenvalue weighted by molar-refractivity contribution is 5.97. The number of carbonyl (C=O) groups excluding carboxylic acids is 1. The summed E-state index contributed by atoms with van der Waals surface area (Å²) in [6.07, 6.45) is 0.837. The molecule has 1 aromatic rings. The van der Waals surface area contributed by atoms with E-state index in [-0.39, 0.29) is 5.91 Å². The molecule has 0 saturated heterocycles. The van der Waals surface area contributed by atoms with Crippen LogP contribution >= 0.6 is 0 Å². The molecule has 1 aromatic carbocycles. The molecule has 0 aliphatic carbocycles. The Labute approximate surface area is 101 Å². The van der Waals surface area contributed by atoms with E-state index in [0.29, 0.717) is 6.54 Å². The summed E-state index contributed by atoms with van der Waals surface area (Å²) < 4.78 is 0. The van der Waals surface area contributed by atoms with Gasteiger partial charge in [0.1, 0.15) is 5.54 Å². The Morgan fingerprint density at radius 3 is 2.94 bits per heavy atom. The van der Waals surface area contributed by atoms with Gasteiger partial charge in [0.2, 0.25) is 0 Å². The SMILES string of the molecule is CC(C)(C#N)Nc1ccc2c(c1)CCNC2=O. The maximum absolute atomic E-state index is 11.6. The van der Waals surface area contributed by atoms with E-state index in [9.17, 15) is 4.79 Å². The molecular formula is C13H15N3O. The third kappa shape index (κ3) is 2.39. The number of carbonyl (C=O) groups is 1. The number of benzene rings is 1. The Bertz CT molecular complexity index is 500. The van der Waals surface area contributed by atoms with E-state index in [1.54, 1.807) is 6.07 Å². The van der Waals surface area contributed by atoms with Crippen molar-refractivity contribution in [2.75, 3.05) is 11.9 Å². The van der Waals surface area contributed by atoms with Crippen molar-refractivity contribution >= 4 is 11.6 Å². The molecule has 1 amide bonds. The molecule has 1 aliphatic heterocycles. The maximum atomic E-state index is 11.6. The van der Waals surface area contributed by atoms with E-state index in [1.807, 2.05) is 26.0 Å². The normalized spacial score (nSPS) is 14.5. The highest BCUT2D eigenvalue weighted by Gasteiger charge is 2.19. The van der Waals surface area contributed by atoms with Gasteiger partial charge >= 0.3 is 0 Å². The Balaban J connectivity index is 2.29. The first-order chi connectivity index (χ1) is 8.02. The van der Waals surface area contributed by atoms with Gasteiger partial charge in [-0.05, 0) is 44.0 Å².